The van der Waals surface area contributed by atoms with Gasteiger partial charge >= 0.3 is 6.18 Å². The van der Waals surface area contributed by atoms with Crippen LogP contribution in [0.5, 0.6) is 0 Å². The Bertz CT molecular complexity index is 950. The minimum atomic E-state index is -4.38. The molecule has 1 atom stereocenters. The fraction of sp³-hybridized carbons (Fsp3) is 0.235. The number of pyridine rings is 1. The van der Waals surface area contributed by atoms with Gasteiger partial charge in [-0.3, -0.25) is 4.98 Å². The van der Waals surface area contributed by atoms with Crippen LogP contribution in [0, 0.1) is 11.7 Å². The zero-order valence-electron chi connectivity index (χ0n) is 13.3. The molecule has 0 fully saturated rings. The number of nitrogens with two attached hydrogens (primary N) is 1. The van der Waals surface area contributed by atoms with Crippen LogP contribution >= 0.6 is 0 Å². The number of rotatable bonds is 3. The molecule has 1 unspecified atom stereocenters. The second-order valence-electron chi connectivity index (χ2n) is 6.03. The molecule has 2 N–H and O–H groups in total. The zero-order chi connectivity index (χ0) is 19.1. The predicted molar refractivity (Wildman–Crippen MR) is 87.6 cm³/mol. The summed E-state index contributed by atoms with van der Waals surface area (Å²) in [6, 6.07) is 7.73. The van der Waals surface area contributed by atoms with Crippen LogP contribution in [0.15, 0.2) is 47.5 Å². The Morgan fingerprint density at radius 3 is 2.12 bits per heavy atom. The molecule has 1 aliphatic rings. The molecule has 0 aliphatic heterocycles. The summed E-state index contributed by atoms with van der Waals surface area (Å²) in [5, 5.41) is 5.01. The largest absolute Gasteiger partial charge is 0.392 e. The molecule has 0 bridgehead atoms. The van der Waals surface area contributed by atoms with Crippen LogP contribution in [-0.4, -0.2) is 19.6 Å². The highest BCUT2D eigenvalue weighted by Crippen LogP contribution is 2.48. The van der Waals surface area contributed by atoms with Crippen LogP contribution in [0.1, 0.15) is 24.1 Å². The molecule has 4 nitrogen and oxygen atoms in total. The Labute approximate surface area is 147 Å². The molecule has 0 radical (unpaired) electrons. The molecule has 138 valence electrons. The Kier molecular flexibility index (Phi) is 4.61. The van der Waals surface area contributed by atoms with Gasteiger partial charge in [0.25, 0.3) is 0 Å². The van der Waals surface area contributed by atoms with Crippen molar-refractivity contribution in [3.8, 4) is 0 Å². The first-order valence-corrected chi connectivity index (χ1v) is 9.14. The maximum absolute atomic E-state index is 13.2. The van der Waals surface area contributed by atoms with Crippen molar-refractivity contribution in [3.05, 3.63) is 59.7 Å². The molecule has 26 heavy (non-hydrogen) atoms. The molecule has 0 saturated carbocycles. The lowest BCUT2D eigenvalue weighted by Gasteiger charge is -2.14. The predicted octanol–water partition coefficient (Wildman–Crippen LogP) is 3.75. The van der Waals surface area contributed by atoms with E-state index in [9.17, 15) is 26.0 Å². The number of aromatic nitrogens is 1. The number of hydrogen-bond acceptors (Lipinski definition) is 3. The highest BCUT2D eigenvalue weighted by atomic mass is 32.2. The maximum atomic E-state index is 13.2. The van der Waals surface area contributed by atoms with E-state index < -0.39 is 27.9 Å². The topological polar surface area (TPSA) is 73.1 Å². The van der Waals surface area contributed by atoms with Gasteiger partial charge in [0.05, 0.1) is 11.6 Å². The third-order valence-corrected chi connectivity index (χ3v) is 5.19. The second kappa shape index (κ2) is 6.48. The summed E-state index contributed by atoms with van der Waals surface area (Å²) >= 11 is 0. The number of nitrogens with zero attached hydrogens (tertiary/aromatic N) is 1. The number of alkyl halides is 3. The zero-order valence-corrected chi connectivity index (χ0v) is 14.1. The number of hydrogen-bond donors (Lipinski definition) is 1. The van der Waals surface area contributed by atoms with E-state index in [1.807, 2.05) is 0 Å². The lowest BCUT2D eigenvalue weighted by molar-refractivity contribution is -0.170. The van der Waals surface area contributed by atoms with E-state index in [0.717, 1.165) is 6.20 Å². The van der Waals surface area contributed by atoms with Gasteiger partial charge in [-0.15, -0.1) is 0 Å². The SMILES string of the molecule is NS(=O)(=O)c1ccc(C2=C(c3ccc(F)cc3)CC(C(F)(F)F)C2)nc1. The monoisotopic (exact) mass is 386 g/mol. The van der Waals surface area contributed by atoms with E-state index >= 15 is 0 Å². The average Bonchev–Trinajstić information content (AvgIpc) is 3.00. The molecule has 0 spiro atoms. The third kappa shape index (κ3) is 3.78. The molecule has 1 aromatic heterocycles. The smallest absolute Gasteiger partial charge is 0.255 e. The molecule has 1 aliphatic carbocycles. The molecule has 9 heteroatoms. The van der Waals surface area contributed by atoms with Crippen LogP contribution in [0.4, 0.5) is 17.6 Å². The summed E-state index contributed by atoms with van der Waals surface area (Å²) in [7, 11) is -3.95. The Hall–Kier alpha value is -2.26. The average molecular weight is 386 g/mol. The van der Waals surface area contributed by atoms with Crippen LogP contribution < -0.4 is 5.14 Å². The van der Waals surface area contributed by atoms with E-state index in [1.54, 1.807) is 0 Å². The van der Waals surface area contributed by atoms with Crippen molar-refractivity contribution in [1.29, 1.82) is 0 Å². The van der Waals surface area contributed by atoms with Gasteiger partial charge in [-0.1, -0.05) is 12.1 Å². The van der Waals surface area contributed by atoms with Gasteiger partial charge in [0.2, 0.25) is 10.0 Å². The fourth-order valence-corrected chi connectivity index (χ4v) is 3.43. The van der Waals surface area contributed by atoms with Gasteiger partial charge < -0.3 is 0 Å². The molecular formula is C17H14F4N2O2S. The number of halogens is 4. The van der Waals surface area contributed by atoms with Crippen molar-refractivity contribution >= 4 is 21.2 Å². The summed E-state index contributed by atoms with van der Waals surface area (Å²) in [6.45, 7) is 0. The first-order chi connectivity index (χ1) is 12.1. The van der Waals surface area contributed by atoms with Crippen molar-refractivity contribution in [1.82, 2.24) is 4.98 Å². The van der Waals surface area contributed by atoms with E-state index in [-0.39, 0.29) is 23.4 Å². The Balaban J connectivity index is 2.06. The lowest BCUT2D eigenvalue weighted by Crippen LogP contribution is -2.20. The van der Waals surface area contributed by atoms with Crippen LogP contribution in [-0.2, 0) is 10.0 Å². The Morgan fingerprint density at radius 2 is 1.62 bits per heavy atom. The first kappa shape index (κ1) is 18.5. The summed E-state index contributed by atoms with van der Waals surface area (Å²) in [5.74, 6) is -2.06. The highest BCUT2D eigenvalue weighted by Gasteiger charge is 2.44. The standard InChI is InChI=1S/C17H14F4N2O2S/c18-12-3-1-10(2-4-12)14-7-11(17(19,20)21)8-15(14)16-6-5-13(9-23-16)26(22,24)25/h1-6,9,11H,7-8H2,(H2,22,24,25). The quantitative estimate of drug-likeness (QED) is 0.817. The van der Waals surface area contributed by atoms with Crippen molar-refractivity contribution in [3.63, 3.8) is 0 Å². The number of sulfonamides is 1. The van der Waals surface area contributed by atoms with Crippen molar-refractivity contribution in [2.45, 2.75) is 23.9 Å². The maximum Gasteiger partial charge on any atom is 0.392 e. The minimum Gasteiger partial charge on any atom is -0.255 e. The van der Waals surface area contributed by atoms with E-state index in [2.05, 4.69) is 4.98 Å². The molecule has 1 aromatic carbocycles. The number of benzene rings is 1. The van der Waals surface area contributed by atoms with Crippen LogP contribution in [0.2, 0.25) is 0 Å². The Morgan fingerprint density at radius 1 is 1.00 bits per heavy atom. The first-order valence-electron chi connectivity index (χ1n) is 7.59. The third-order valence-electron chi connectivity index (χ3n) is 4.29. The van der Waals surface area contributed by atoms with Gasteiger partial charge in [-0.05, 0) is 53.8 Å². The lowest BCUT2D eigenvalue weighted by atomic mass is 9.99. The van der Waals surface area contributed by atoms with Gasteiger partial charge in [0.15, 0.2) is 0 Å². The highest BCUT2D eigenvalue weighted by molar-refractivity contribution is 7.89. The summed E-state index contributed by atoms with van der Waals surface area (Å²) < 4.78 is 75.4. The van der Waals surface area contributed by atoms with E-state index in [0.29, 0.717) is 16.7 Å². The molecular weight excluding hydrogens is 372 g/mol. The molecule has 1 heterocycles. The van der Waals surface area contributed by atoms with E-state index in [1.165, 1.54) is 36.4 Å². The van der Waals surface area contributed by atoms with Gasteiger partial charge in [-0.25, -0.2) is 17.9 Å². The fourth-order valence-electron chi connectivity index (χ4n) is 2.97. The minimum absolute atomic E-state index is 0.226. The normalized spacial score (nSPS) is 18.4. The van der Waals surface area contributed by atoms with Crippen LogP contribution in [0.3, 0.4) is 0 Å². The van der Waals surface area contributed by atoms with Crippen molar-refractivity contribution in [2.24, 2.45) is 11.1 Å². The van der Waals surface area contributed by atoms with Gasteiger partial charge in [0.1, 0.15) is 10.7 Å². The van der Waals surface area contributed by atoms with Crippen molar-refractivity contribution in [2.75, 3.05) is 0 Å². The number of primary sulfonamides is 1. The molecule has 0 saturated heterocycles. The second-order valence-corrected chi connectivity index (χ2v) is 7.60. The van der Waals surface area contributed by atoms with Gasteiger partial charge in [0, 0.05) is 6.20 Å². The molecule has 0 amide bonds. The van der Waals surface area contributed by atoms with Gasteiger partial charge in [-0.2, -0.15) is 13.2 Å². The van der Waals surface area contributed by atoms with Crippen molar-refractivity contribution < 1.29 is 26.0 Å². The molecule has 3 rings (SSSR count). The number of allylic oxidation sites excluding steroid dienone is 2. The summed E-state index contributed by atoms with van der Waals surface area (Å²) in [6.07, 6.45) is -3.89. The summed E-state index contributed by atoms with van der Waals surface area (Å²) in [5.41, 5.74) is 1.50. The summed E-state index contributed by atoms with van der Waals surface area (Å²) in [4.78, 5) is 3.75. The van der Waals surface area contributed by atoms with Crippen LogP contribution in [0.25, 0.3) is 11.1 Å². The molecule has 2 aromatic rings. The van der Waals surface area contributed by atoms with E-state index in [4.69, 9.17) is 5.14 Å².